The van der Waals surface area contributed by atoms with E-state index in [0.717, 1.165) is 53.5 Å². The second-order valence-electron chi connectivity index (χ2n) is 11.3. The highest BCUT2D eigenvalue weighted by molar-refractivity contribution is 7.38. The second kappa shape index (κ2) is 6.42. The standard InChI is InChI=1S/C23H35N2O2P/c1-13(2)20(28-3)19(21(26)25-17(11-24)5-16-6-18(16)25)22-7-14-4-15(8-22)10-23(27,9-14)12-22/h13-20,27-28H,4-10,12H2,1-3H3. The summed E-state index contributed by atoms with van der Waals surface area (Å²) < 4.78 is 0. The van der Waals surface area contributed by atoms with Gasteiger partial charge in [0, 0.05) is 6.04 Å². The van der Waals surface area contributed by atoms with Crippen molar-refractivity contribution in [1.29, 1.82) is 5.26 Å². The first-order chi connectivity index (χ1) is 13.3. The molecule has 8 atom stereocenters. The second-order valence-corrected chi connectivity index (χ2v) is 12.5. The largest absolute Gasteiger partial charge is 0.390 e. The van der Waals surface area contributed by atoms with Crippen LogP contribution >= 0.6 is 8.58 Å². The molecule has 5 saturated carbocycles. The quantitative estimate of drug-likeness (QED) is 0.712. The van der Waals surface area contributed by atoms with Gasteiger partial charge in [-0.25, -0.2) is 0 Å². The summed E-state index contributed by atoms with van der Waals surface area (Å²) >= 11 is 0. The van der Waals surface area contributed by atoms with Crippen LogP contribution in [0.25, 0.3) is 0 Å². The Morgan fingerprint density at radius 3 is 2.39 bits per heavy atom. The Labute approximate surface area is 171 Å². The minimum Gasteiger partial charge on any atom is -0.390 e. The third kappa shape index (κ3) is 2.79. The fourth-order valence-electron chi connectivity index (χ4n) is 8.38. The van der Waals surface area contributed by atoms with Gasteiger partial charge >= 0.3 is 0 Å². The summed E-state index contributed by atoms with van der Waals surface area (Å²) in [6.07, 6.45) is 8.17. The van der Waals surface area contributed by atoms with Crippen molar-refractivity contribution in [2.24, 2.45) is 35.0 Å². The zero-order valence-corrected chi connectivity index (χ0v) is 18.5. The molecule has 4 bridgehead atoms. The summed E-state index contributed by atoms with van der Waals surface area (Å²) in [5.74, 6) is 2.47. The molecule has 6 rings (SSSR count). The molecule has 6 fully saturated rings. The molecule has 0 radical (unpaired) electrons. The van der Waals surface area contributed by atoms with E-state index >= 15 is 0 Å². The summed E-state index contributed by atoms with van der Waals surface area (Å²) in [6.45, 7) is 6.79. The molecule has 1 saturated heterocycles. The van der Waals surface area contributed by atoms with Gasteiger partial charge < -0.3 is 10.0 Å². The van der Waals surface area contributed by atoms with Gasteiger partial charge in [0.15, 0.2) is 0 Å². The zero-order valence-electron chi connectivity index (χ0n) is 17.5. The van der Waals surface area contributed by atoms with E-state index in [9.17, 15) is 15.2 Å². The van der Waals surface area contributed by atoms with Gasteiger partial charge in [0.05, 0.1) is 17.6 Å². The number of nitriles is 1. The van der Waals surface area contributed by atoms with Gasteiger partial charge in [-0.15, -0.1) is 8.58 Å². The third-order valence-electron chi connectivity index (χ3n) is 8.92. The lowest BCUT2D eigenvalue weighted by molar-refractivity contribution is -0.189. The Morgan fingerprint density at radius 1 is 1.18 bits per heavy atom. The van der Waals surface area contributed by atoms with Crippen LogP contribution in [0.3, 0.4) is 0 Å². The number of hydrogen-bond donors (Lipinski definition) is 1. The lowest BCUT2D eigenvalue weighted by Crippen LogP contribution is -2.62. The Balaban J connectivity index is 1.54. The third-order valence-corrected chi connectivity index (χ3v) is 10.6. The maximum atomic E-state index is 14.2. The van der Waals surface area contributed by atoms with Gasteiger partial charge in [0.1, 0.15) is 6.04 Å². The average Bonchev–Trinajstić information content (AvgIpc) is 3.26. The normalized spacial score (nSPS) is 48.1. The summed E-state index contributed by atoms with van der Waals surface area (Å²) in [5.41, 5.74) is -0.214. The van der Waals surface area contributed by atoms with Crippen LogP contribution in [0.15, 0.2) is 0 Å². The Bertz CT molecular complexity index is 702. The van der Waals surface area contributed by atoms with E-state index in [2.05, 4.69) is 26.6 Å². The molecule has 28 heavy (non-hydrogen) atoms. The highest BCUT2D eigenvalue weighted by Crippen LogP contribution is 2.66. The van der Waals surface area contributed by atoms with Gasteiger partial charge in [-0.2, -0.15) is 5.26 Å². The fraction of sp³-hybridized carbons (Fsp3) is 0.913. The van der Waals surface area contributed by atoms with Crippen molar-refractivity contribution >= 4 is 14.5 Å². The van der Waals surface area contributed by atoms with Crippen molar-refractivity contribution in [1.82, 2.24) is 4.90 Å². The summed E-state index contributed by atoms with van der Waals surface area (Å²) in [4.78, 5) is 16.2. The number of nitrogens with zero attached hydrogens (tertiary/aromatic N) is 2. The molecule has 4 nitrogen and oxygen atoms in total. The van der Waals surface area contributed by atoms with Crippen LogP contribution in [0.5, 0.6) is 0 Å². The van der Waals surface area contributed by atoms with E-state index in [1.807, 2.05) is 4.90 Å². The van der Waals surface area contributed by atoms with Gasteiger partial charge in [-0.05, 0) is 92.8 Å². The Hall–Kier alpha value is -0.650. The zero-order chi connectivity index (χ0) is 19.8. The van der Waals surface area contributed by atoms with E-state index in [0.29, 0.717) is 35.4 Å². The molecule has 1 aliphatic heterocycles. The average molecular weight is 403 g/mol. The summed E-state index contributed by atoms with van der Waals surface area (Å²) in [6, 6.07) is 2.54. The van der Waals surface area contributed by atoms with Crippen LogP contribution in [0, 0.1) is 46.3 Å². The highest BCUT2D eigenvalue weighted by Gasteiger charge is 2.64. The van der Waals surface area contributed by atoms with Crippen LogP contribution in [0.4, 0.5) is 0 Å². The molecule has 0 spiro atoms. The molecule has 5 heteroatoms. The molecule has 1 N–H and O–H groups in total. The number of fused-ring (bicyclic) bond motifs is 1. The molecule has 5 aliphatic carbocycles. The molecule has 1 amide bonds. The van der Waals surface area contributed by atoms with Crippen molar-refractivity contribution in [3.63, 3.8) is 0 Å². The number of rotatable bonds is 5. The van der Waals surface area contributed by atoms with Gasteiger partial charge in [-0.3, -0.25) is 4.79 Å². The molecular weight excluding hydrogens is 367 g/mol. The van der Waals surface area contributed by atoms with Crippen LogP contribution in [0.1, 0.15) is 65.2 Å². The molecule has 0 aromatic carbocycles. The SMILES string of the molecule is CPC(C(C)C)C(C(=O)N1C(C#N)CC2CC21)C12CC3CC(CC(O)(C3)C1)C2. The minimum atomic E-state index is -0.539. The summed E-state index contributed by atoms with van der Waals surface area (Å²) in [5, 5.41) is 21.0. The lowest BCUT2D eigenvalue weighted by atomic mass is 9.44. The number of aliphatic hydroxyl groups is 1. The summed E-state index contributed by atoms with van der Waals surface area (Å²) in [7, 11) is 0.726. The van der Waals surface area contributed by atoms with Crippen molar-refractivity contribution in [2.45, 2.75) is 88.6 Å². The highest BCUT2D eigenvalue weighted by atomic mass is 31.1. The molecule has 1 heterocycles. The number of amides is 1. The van der Waals surface area contributed by atoms with Crippen LogP contribution in [0.2, 0.25) is 0 Å². The number of carbonyl (C=O) groups excluding carboxylic acids is 1. The first kappa shape index (κ1) is 19.3. The molecule has 0 aromatic heterocycles. The predicted octanol–water partition coefficient (Wildman–Crippen LogP) is 3.78. The Kier molecular flexibility index (Phi) is 4.43. The van der Waals surface area contributed by atoms with Crippen molar-refractivity contribution in [3.8, 4) is 6.07 Å². The predicted molar refractivity (Wildman–Crippen MR) is 111 cm³/mol. The van der Waals surface area contributed by atoms with E-state index in [4.69, 9.17) is 0 Å². The molecular formula is C23H35N2O2P. The number of piperidine rings is 1. The van der Waals surface area contributed by atoms with Crippen LogP contribution in [-0.4, -0.2) is 45.9 Å². The van der Waals surface area contributed by atoms with Crippen LogP contribution in [-0.2, 0) is 4.79 Å². The van der Waals surface area contributed by atoms with E-state index in [1.165, 1.54) is 6.42 Å². The monoisotopic (exact) mass is 402 g/mol. The Morgan fingerprint density at radius 2 is 1.86 bits per heavy atom. The van der Waals surface area contributed by atoms with E-state index in [1.54, 1.807) is 0 Å². The van der Waals surface area contributed by atoms with Gasteiger partial charge in [0.2, 0.25) is 5.91 Å². The smallest absolute Gasteiger partial charge is 0.228 e. The van der Waals surface area contributed by atoms with Crippen molar-refractivity contribution in [2.75, 3.05) is 6.66 Å². The number of likely N-dealkylation sites (tertiary alicyclic amines) is 1. The molecule has 154 valence electrons. The molecule has 0 aromatic rings. The van der Waals surface area contributed by atoms with E-state index in [-0.39, 0.29) is 23.3 Å². The van der Waals surface area contributed by atoms with Gasteiger partial charge in [0.25, 0.3) is 0 Å². The minimum absolute atomic E-state index is 0.0107. The van der Waals surface area contributed by atoms with Crippen LogP contribution < -0.4 is 0 Å². The topological polar surface area (TPSA) is 64.3 Å². The van der Waals surface area contributed by atoms with Crippen molar-refractivity contribution < 1.29 is 9.90 Å². The van der Waals surface area contributed by atoms with Crippen molar-refractivity contribution in [3.05, 3.63) is 0 Å². The first-order valence-corrected chi connectivity index (χ1v) is 13.0. The number of carbonyl (C=O) groups is 1. The lowest BCUT2D eigenvalue weighted by Gasteiger charge is -2.63. The molecule has 8 unspecified atom stereocenters. The first-order valence-electron chi connectivity index (χ1n) is 11.4. The van der Waals surface area contributed by atoms with E-state index < -0.39 is 5.60 Å². The maximum Gasteiger partial charge on any atom is 0.228 e. The fourth-order valence-corrected chi connectivity index (χ4v) is 9.88. The maximum absolute atomic E-state index is 14.2. The van der Waals surface area contributed by atoms with Gasteiger partial charge in [-0.1, -0.05) is 13.8 Å². The number of hydrogen-bond acceptors (Lipinski definition) is 3. The molecule has 6 aliphatic rings.